The predicted octanol–water partition coefficient (Wildman–Crippen LogP) is 1.44. The number of carbonyl (C=O) groups is 1. The first-order chi connectivity index (χ1) is 8.56. The second kappa shape index (κ2) is 4.79. The highest BCUT2D eigenvalue weighted by Gasteiger charge is 2.10. The van der Waals surface area contributed by atoms with Crippen LogP contribution in [0.3, 0.4) is 0 Å². The van der Waals surface area contributed by atoms with Gasteiger partial charge in [-0.05, 0) is 24.3 Å². The Morgan fingerprint density at radius 3 is 2.83 bits per heavy atom. The molecule has 3 N–H and O–H groups in total. The van der Waals surface area contributed by atoms with E-state index >= 15 is 0 Å². The summed E-state index contributed by atoms with van der Waals surface area (Å²) in [5.74, 6) is -1.40. The summed E-state index contributed by atoms with van der Waals surface area (Å²) in [7, 11) is 1.83. The molecule has 0 amide bonds. The summed E-state index contributed by atoms with van der Waals surface area (Å²) in [5, 5.41) is 25.5. The van der Waals surface area contributed by atoms with E-state index in [1.54, 1.807) is 10.7 Å². The molecular formula is C12H13N3O3. The molecule has 0 aliphatic heterocycles. The first kappa shape index (κ1) is 12.0. The number of phenols is 1. The zero-order valence-electron chi connectivity index (χ0n) is 9.79. The number of carboxylic acids is 1. The maximum atomic E-state index is 10.8. The van der Waals surface area contributed by atoms with E-state index in [1.807, 2.05) is 19.3 Å². The van der Waals surface area contributed by atoms with Gasteiger partial charge in [0, 0.05) is 18.9 Å². The van der Waals surface area contributed by atoms with Crippen LogP contribution in [0.15, 0.2) is 30.5 Å². The van der Waals surface area contributed by atoms with Gasteiger partial charge in [-0.2, -0.15) is 5.10 Å². The van der Waals surface area contributed by atoms with Crippen LogP contribution in [0.1, 0.15) is 16.1 Å². The zero-order chi connectivity index (χ0) is 13.1. The highest BCUT2D eigenvalue weighted by Crippen LogP contribution is 2.21. The minimum atomic E-state index is -1.16. The largest absolute Gasteiger partial charge is 0.507 e. The Balaban J connectivity index is 2.10. The second-order valence-corrected chi connectivity index (χ2v) is 3.87. The lowest BCUT2D eigenvalue weighted by molar-refractivity contribution is 0.0694. The fourth-order valence-corrected chi connectivity index (χ4v) is 1.57. The maximum absolute atomic E-state index is 10.8. The molecule has 0 saturated heterocycles. The van der Waals surface area contributed by atoms with Crippen LogP contribution in [0, 0.1) is 0 Å². The number of nitrogens with zero attached hydrogens (tertiary/aromatic N) is 2. The molecule has 0 bridgehead atoms. The van der Waals surface area contributed by atoms with Gasteiger partial charge in [0.1, 0.15) is 11.3 Å². The van der Waals surface area contributed by atoms with E-state index in [9.17, 15) is 9.90 Å². The molecule has 0 fully saturated rings. The molecule has 6 heteroatoms. The topological polar surface area (TPSA) is 87.4 Å². The van der Waals surface area contributed by atoms with Crippen LogP contribution in [0.25, 0.3) is 0 Å². The molecule has 18 heavy (non-hydrogen) atoms. The fourth-order valence-electron chi connectivity index (χ4n) is 1.57. The fraction of sp³-hybridized carbons (Fsp3) is 0.167. The Morgan fingerprint density at radius 2 is 2.22 bits per heavy atom. The van der Waals surface area contributed by atoms with Crippen molar-refractivity contribution in [2.45, 2.75) is 6.54 Å². The van der Waals surface area contributed by atoms with Crippen molar-refractivity contribution in [1.29, 1.82) is 0 Å². The first-order valence-electron chi connectivity index (χ1n) is 5.35. The number of aryl methyl sites for hydroxylation is 1. The van der Waals surface area contributed by atoms with E-state index < -0.39 is 5.97 Å². The number of aromatic carboxylic acids is 1. The average molecular weight is 247 g/mol. The Morgan fingerprint density at radius 1 is 1.44 bits per heavy atom. The van der Waals surface area contributed by atoms with Crippen LogP contribution < -0.4 is 5.32 Å². The van der Waals surface area contributed by atoms with Crippen LogP contribution in [-0.4, -0.2) is 26.0 Å². The van der Waals surface area contributed by atoms with Gasteiger partial charge in [-0.1, -0.05) is 0 Å². The zero-order valence-corrected chi connectivity index (χ0v) is 9.79. The molecule has 1 aromatic carbocycles. The minimum Gasteiger partial charge on any atom is -0.507 e. The molecule has 94 valence electrons. The van der Waals surface area contributed by atoms with Crippen molar-refractivity contribution >= 4 is 11.7 Å². The maximum Gasteiger partial charge on any atom is 0.339 e. The van der Waals surface area contributed by atoms with Crippen molar-refractivity contribution in [3.63, 3.8) is 0 Å². The number of aromatic hydroxyl groups is 1. The quantitative estimate of drug-likeness (QED) is 0.711. The molecular weight excluding hydrogens is 234 g/mol. The summed E-state index contributed by atoms with van der Waals surface area (Å²) in [4.78, 5) is 10.8. The van der Waals surface area contributed by atoms with E-state index in [1.165, 1.54) is 12.1 Å². The number of rotatable bonds is 4. The first-order valence-corrected chi connectivity index (χ1v) is 5.35. The van der Waals surface area contributed by atoms with E-state index in [2.05, 4.69) is 10.4 Å². The van der Waals surface area contributed by atoms with E-state index in [0.717, 1.165) is 5.69 Å². The molecule has 2 rings (SSSR count). The molecule has 0 aliphatic rings. The summed E-state index contributed by atoms with van der Waals surface area (Å²) < 4.78 is 1.69. The molecule has 0 atom stereocenters. The number of carboxylic acid groups (broad SMARTS) is 1. The van der Waals surface area contributed by atoms with Crippen LogP contribution in [-0.2, 0) is 13.6 Å². The summed E-state index contributed by atoms with van der Waals surface area (Å²) >= 11 is 0. The smallest absolute Gasteiger partial charge is 0.339 e. The Bertz CT molecular complexity index is 578. The van der Waals surface area contributed by atoms with E-state index in [0.29, 0.717) is 12.2 Å². The van der Waals surface area contributed by atoms with Gasteiger partial charge < -0.3 is 15.5 Å². The molecule has 1 aromatic heterocycles. The predicted molar refractivity (Wildman–Crippen MR) is 65.6 cm³/mol. The number of hydrogen-bond acceptors (Lipinski definition) is 4. The summed E-state index contributed by atoms with van der Waals surface area (Å²) in [6.07, 6.45) is 1.83. The molecule has 0 saturated carbocycles. The number of anilines is 1. The SMILES string of the molecule is Cn1ccc(CNc2ccc(O)c(C(=O)O)c2)n1. The monoisotopic (exact) mass is 247 g/mol. The Labute approximate surface area is 103 Å². The lowest BCUT2D eigenvalue weighted by Crippen LogP contribution is -2.03. The molecule has 6 nitrogen and oxygen atoms in total. The second-order valence-electron chi connectivity index (χ2n) is 3.87. The van der Waals surface area contributed by atoms with Gasteiger partial charge in [-0.25, -0.2) is 4.79 Å². The van der Waals surface area contributed by atoms with Crippen molar-refractivity contribution < 1.29 is 15.0 Å². The molecule has 0 unspecified atom stereocenters. The van der Waals surface area contributed by atoms with Gasteiger partial charge in [0.2, 0.25) is 0 Å². The van der Waals surface area contributed by atoms with Crippen LogP contribution in [0.5, 0.6) is 5.75 Å². The van der Waals surface area contributed by atoms with Crippen molar-refractivity contribution in [2.24, 2.45) is 7.05 Å². The molecule has 0 radical (unpaired) electrons. The van der Waals surface area contributed by atoms with Crippen molar-refractivity contribution in [2.75, 3.05) is 5.32 Å². The van der Waals surface area contributed by atoms with Crippen molar-refractivity contribution in [1.82, 2.24) is 9.78 Å². The van der Waals surface area contributed by atoms with Crippen LogP contribution in [0.2, 0.25) is 0 Å². The lowest BCUT2D eigenvalue weighted by Gasteiger charge is -2.06. The van der Waals surface area contributed by atoms with Crippen molar-refractivity contribution in [3.8, 4) is 5.75 Å². The molecule has 1 heterocycles. The Hall–Kier alpha value is -2.50. The number of benzene rings is 1. The highest BCUT2D eigenvalue weighted by molar-refractivity contribution is 5.91. The van der Waals surface area contributed by atoms with Crippen LogP contribution >= 0.6 is 0 Å². The third-order valence-corrected chi connectivity index (χ3v) is 2.47. The molecule has 2 aromatic rings. The third kappa shape index (κ3) is 2.60. The van der Waals surface area contributed by atoms with Gasteiger partial charge in [0.05, 0.1) is 12.2 Å². The van der Waals surface area contributed by atoms with Gasteiger partial charge in [0.15, 0.2) is 0 Å². The molecule has 0 spiro atoms. The minimum absolute atomic E-state index is 0.124. The van der Waals surface area contributed by atoms with Gasteiger partial charge in [-0.15, -0.1) is 0 Å². The number of nitrogens with one attached hydrogen (secondary N) is 1. The number of aromatic nitrogens is 2. The van der Waals surface area contributed by atoms with Gasteiger partial charge in [-0.3, -0.25) is 4.68 Å². The highest BCUT2D eigenvalue weighted by atomic mass is 16.4. The third-order valence-electron chi connectivity index (χ3n) is 2.47. The van der Waals surface area contributed by atoms with Crippen LogP contribution in [0.4, 0.5) is 5.69 Å². The van der Waals surface area contributed by atoms with Crippen molar-refractivity contribution in [3.05, 3.63) is 41.7 Å². The lowest BCUT2D eigenvalue weighted by atomic mass is 10.2. The average Bonchev–Trinajstić information content (AvgIpc) is 2.74. The molecule has 0 aliphatic carbocycles. The van der Waals surface area contributed by atoms with E-state index in [4.69, 9.17) is 5.11 Å². The number of hydrogen-bond donors (Lipinski definition) is 3. The van der Waals surface area contributed by atoms with E-state index in [-0.39, 0.29) is 11.3 Å². The van der Waals surface area contributed by atoms with Gasteiger partial charge >= 0.3 is 5.97 Å². The summed E-state index contributed by atoms with van der Waals surface area (Å²) in [6, 6.07) is 6.22. The normalized spacial score (nSPS) is 10.3. The standard InChI is InChI=1S/C12H13N3O3/c1-15-5-4-9(14-15)7-13-8-2-3-11(16)10(6-8)12(17)18/h2-6,13,16H,7H2,1H3,(H,17,18). The van der Waals surface area contributed by atoms with Gasteiger partial charge in [0.25, 0.3) is 0 Å². The summed E-state index contributed by atoms with van der Waals surface area (Å²) in [6.45, 7) is 0.491. The Kier molecular flexibility index (Phi) is 3.18. The summed E-state index contributed by atoms with van der Waals surface area (Å²) in [5.41, 5.74) is 1.35.